The van der Waals surface area contributed by atoms with Crippen LogP contribution < -0.4 is 9.64 Å². The molecule has 12 nitrogen and oxygen atoms in total. The number of aromatic nitrogens is 2. The lowest BCUT2D eigenvalue weighted by Crippen LogP contribution is -2.12. The second-order valence-electron chi connectivity index (χ2n) is 16.5. The molecule has 1 N–H and O–H groups in total. The first-order valence-electron chi connectivity index (χ1n) is 24.2. The Labute approximate surface area is 410 Å². The minimum atomic E-state index is -0.0197. The van der Waals surface area contributed by atoms with Crippen molar-refractivity contribution in [1.29, 1.82) is 0 Å². The highest BCUT2D eigenvalue weighted by atomic mass is 16.6. The van der Waals surface area contributed by atoms with Gasteiger partial charge in [0.2, 0.25) is 0 Å². The van der Waals surface area contributed by atoms with E-state index in [1.165, 1.54) is 11.1 Å². The summed E-state index contributed by atoms with van der Waals surface area (Å²) >= 11 is 0. The number of fused-ring (bicyclic) bond motifs is 6. The lowest BCUT2D eigenvalue weighted by Gasteiger charge is -2.26. The topological polar surface area (TPSA) is 107 Å². The SMILES string of the molecule is C=C/C=C(\C=C/COCCO)n1c2ccccc2c2cc(N(c3ccc(OCCOCCOCCOC)cc3)c3ccc4c(c3)c3ccccc3n4C3=CC=C(OCCOCCOCC)CC3)ccc21. The number of ether oxygens (including phenoxy) is 8. The zero-order valence-electron chi connectivity index (χ0n) is 40.4. The summed E-state index contributed by atoms with van der Waals surface area (Å²) in [5.41, 5.74) is 9.58. The average molecular weight is 948 g/mol. The molecule has 5 aromatic carbocycles. The molecule has 1 aliphatic rings. The van der Waals surface area contributed by atoms with Gasteiger partial charge in [0.25, 0.3) is 0 Å². The van der Waals surface area contributed by atoms with Gasteiger partial charge < -0.3 is 57.0 Å². The van der Waals surface area contributed by atoms with Crippen molar-refractivity contribution in [2.24, 2.45) is 0 Å². The van der Waals surface area contributed by atoms with Crippen molar-refractivity contribution in [3.63, 3.8) is 0 Å². The van der Waals surface area contributed by atoms with Crippen molar-refractivity contribution in [3.8, 4) is 5.75 Å². The monoisotopic (exact) mass is 947 g/mol. The number of para-hydroxylation sites is 2. The molecule has 2 heterocycles. The standard InChI is InChI=1S/C58H65N3O9/c1-4-11-44(12-10-30-65-31-29-62)60-55-15-8-6-13-51(55)53-42-47(21-27-57(53)60)59(45-17-23-49(24-18-45)69-41-39-68-37-36-66-33-32-63-3)48-22-28-58-54(43-48)52-14-7-9-16-56(52)61(58)46-19-25-50(26-20-46)70-40-38-67-35-34-64-5-2/h4,6-19,21-25,27-28,42-43,62H,1,5,20,26,29-41H2,2-3H3/b12-10-,44-11+. The number of benzene rings is 5. The van der Waals surface area contributed by atoms with E-state index in [-0.39, 0.29) is 13.2 Å². The number of hydrogen-bond acceptors (Lipinski definition) is 10. The Balaban J connectivity index is 1.14. The molecule has 0 unspecified atom stereocenters. The van der Waals surface area contributed by atoms with Crippen LogP contribution in [0.3, 0.4) is 0 Å². The van der Waals surface area contributed by atoms with Gasteiger partial charge >= 0.3 is 0 Å². The first kappa shape index (κ1) is 49.9. The summed E-state index contributed by atoms with van der Waals surface area (Å²) in [6.07, 6.45) is 13.8. The third kappa shape index (κ3) is 12.3. The minimum Gasteiger partial charge on any atom is -0.496 e. The number of aliphatic hydroxyl groups is 1. The van der Waals surface area contributed by atoms with Crippen LogP contribution in [0.1, 0.15) is 19.8 Å². The van der Waals surface area contributed by atoms with E-state index in [9.17, 15) is 5.11 Å². The summed E-state index contributed by atoms with van der Waals surface area (Å²) in [5, 5.41) is 13.8. The maximum absolute atomic E-state index is 9.23. The fourth-order valence-electron chi connectivity index (χ4n) is 8.83. The van der Waals surface area contributed by atoms with Crippen LogP contribution >= 0.6 is 0 Å². The molecule has 0 aliphatic heterocycles. The quantitative estimate of drug-likeness (QED) is 0.0360. The summed E-state index contributed by atoms with van der Waals surface area (Å²) in [6.45, 7) is 12.5. The third-order valence-electron chi connectivity index (χ3n) is 12.0. The Kier molecular flexibility index (Phi) is 18.5. The lowest BCUT2D eigenvalue weighted by atomic mass is 10.1. The molecule has 70 heavy (non-hydrogen) atoms. The van der Waals surface area contributed by atoms with Crippen LogP contribution in [0.25, 0.3) is 55.0 Å². The van der Waals surface area contributed by atoms with Crippen LogP contribution in [0.15, 0.2) is 158 Å². The Morgan fingerprint density at radius 2 is 1.19 bits per heavy atom. The number of hydrogen-bond donors (Lipinski definition) is 1. The van der Waals surface area contributed by atoms with Crippen molar-refractivity contribution in [1.82, 2.24) is 9.13 Å². The zero-order chi connectivity index (χ0) is 48.3. The van der Waals surface area contributed by atoms with E-state index in [1.54, 1.807) is 13.2 Å². The molecule has 2 aromatic heterocycles. The van der Waals surface area contributed by atoms with Gasteiger partial charge in [-0.05, 0) is 110 Å². The summed E-state index contributed by atoms with van der Waals surface area (Å²) in [7, 11) is 1.66. The Morgan fingerprint density at radius 1 is 0.600 bits per heavy atom. The van der Waals surface area contributed by atoms with Crippen molar-refractivity contribution in [2.75, 3.05) is 105 Å². The van der Waals surface area contributed by atoms with E-state index in [0.717, 1.165) is 85.3 Å². The number of rotatable bonds is 29. The first-order chi connectivity index (χ1) is 34.6. The van der Waals surface area contributed by atoms with Crippen LogP contribution in [0.5, 0.6) is 5.75 Å². The van der Waals surface area contributed by atoms with E-state index in [2.05, 4.69) is 130 Å². The van der Waals surface area contributed by atoms with Gasteiger partial charge in [-0.25, -0.2) is 0 Å². The van der Waals surface area contributed by atoms with Gasteiger partial charge in [0.1, 0.15) is 19.0 Å². The van der Waals surface area contributed by atoms with E-state index in [0.29, 0.717) is 79.3 Å². The molecule has 7 aromatic rings. The molecule has 366 valence electrons. The Bertz CT molecular complexity index is 2930. The predicted octanol–water partition coefficient (Wildman–Crippen LogP) is 11.6. The Hall–Kier alpha value is -6.48. The van der Waals surface area contributed by atoms with Gasteiger partial charge in [-0.1, -0.05) is 55.1 Å². The minimum absolute atomic E-state index is 0.0197. The third-order valence-corrected chi connectivity index (χ3v) is 12.0. The second kappa shape index (κ2) is 25.9. The smallest absolute Gasteiger partial charge is 0.119 e. The van der Waals surface area contributed by atoms with E-state index in [4.69, 9.17) is 37.9 Å². The van der Waals surface area contributed by atoms with Crippen LogP contribution in [0, 0.1) is 0 Å². The molecule has 0 amide bonds. The fourth-order valence-corrected chi connectivity index (χ4v) is 8.83. The number of anilines is 3. The van der Waals surface area contributed by atoms with Crippen molar-refractivity contribution >= 4 is 72.1 Å². The Morgan fingerprint density at radius 3 is 1.86 bits per heavy atom. The van der Waals surface area contributed by atoms with Gasteiger partial charge in [0.15, 0.2) is 0 Å². The maximum atomic E-state index is 9.23. The molecule has 12 heteroatoms. The van der Waals surface area contributed by atoms with Crippen LogP contribution in [-0.2, 0) is 33.2 Å². The molecule has 0 radical (unpaired) electrons. The van der Waals surface area contributed by atoms with Gasteiger partial charge in [-0.15, -0.1) is 0 Å². The molecule has 0 fully saturated rings. The summed E-state index contributed by atoms with van der Waals surface area (Å²) in [6, 6.07) is 38.9. The van der Waals surface area contributed by atoms with Crippen LogP contribution in [-0.4, -0.2) is 114 Å². The van der Waals surface area contributed by atoms with Crippen molar-refractivity contribution in [3.05, 3.63) is 158 Å². The second-order valence-corrected chi connectivity index (χ2v) is 16.5. The largest absolute Gasteiger partial charge is 0.496 e. The normalized spacial score (nSPS) is 13.2. The van der Waals surface area contributed by atoms with E-state index >= 15 is 0 Å². The zero-order valence-corrected chi connectivity index (χ0v) is 40.4. The molecule has 0 atom stereocenters. The summed E-state index contributed by atoms with van der Waals surface area (Å²) < 4.78 is 49.8. The predicted molar refractivity (Wildman–Crippen MR) is 283 cm³/mol. The van der Waals surface area contributed by atoms with Gasteiger partial charge in [-0.3, -0.25) is 0 Å². The number of allylic oxidation sites excluding steroid dienone is 8. The van der Waals surface area contributed by atoms with Gasteiger partial charge in [0.05, 0.1) is 101 Å². The fraction of sp³-hybridized carbons (Fsp3) is 0.310. The van der Waals surface area contributed by atoms with Crippen molar-refractivity contribution in [2.45, 2.75) is 19.8 Å². The van der Waals surface area contributed by atoms with Crippen molar-refractivity contribution < 1.29 is 43.0 Å². The highest BCUT2D eigenvalue weighted by Crippen LogP contribution is 2.43. The van der Waals surface area contributed by atoms with Gasteiger partial charge in [0, 0.05) is 70.1 Å². The summed E-state index contributed by atoms with van der Waals surface area (Å²) in [5.74, 6) is 1.72. The van der Waals surface area contributed by atoms with Crippen LogP contribution in [0.4, 0.5) is 17.1 Å². The highest BCUT2D eigenvalue weighted by Gasteiger charge is 2.21. The first-order valence-corrected chi connectivity index (χ1v) is 24.2. The molecule has 0 saturated heterocycles. The van der Waals surface area contributed by atoms with Gasteiger partial charge in [-0.2, -0.15) is 0 Å². The number of nitrogens with zero attached hydrogens (tertiary/aromatic N) is 3. The molecule has 1 aliphatic carbocycles. The van der Waals surface area contributed by atoms with E-state index in [1.807, 2.05) is 37.3 Å². The number of methoxy groups -OCH3 is 1. The highest BCUT2D eigenvalue weighted by molar-refractivity contribution is 6.13. The van der Waals surface area contributed by atoms with Crippen LogP contribution in [0.2, 0.25) is 0 Å². The summed E-state index contributed by atoms with van der Waals surface area (Å²) in [4.78, 5) is 2.32. The molecular formula is C58H65N3O9. The maximum Gasteiger partial charge on any atom is 0.119 e. The molecule has 0 spiro atoms. The molecule has 8 rings (SSSR count). The molecule has 0 saturated carbocycles. The molecular weight excluding hydrogens is 883 g/mol. The lowest BCUT2D eigenvalue weighted by molar-refractivity contribution is 0.0180. The number of aliphatic hydroxyl groups excluding tert-OH is 1. The van der Waals surface area contributed by atoms with E-state index < -0.39 is 0 Å². The average Bonchev–Trinajstić information content (AvgIpc) is 3.90. The molecule has 0 bridgehead atoms.